The lowest BCUT2D eigenvalue weighted by Gasteiger charge is -2.08. The standard InChI is InChI=1S/C16H17ClFN/c1-12-10-15(18)7-6-13(12)8-9-19-11-14-4-2-3-5-16(14)17/h2-7,10,19H,8-9,11H2,1H3. The van der Waals surface area contributed by atoms with Crippen molar-refractivity contribution in [2.45, 2.75) is 19.9 Å². The van der Waals surface area contributed by atoms with Crippen molar-refractivity contribution in [2.24, 2.45) is 0 Å². The molecule has 0 aliphatic carbocycles. The van der Waals surface area contributed by atoms with E-state index in [-0.39, 0.29) is 5.82 Å². The molecule has 2 rings (SSSR count). The lowest BCUT2D eigenvalue weighted by molar-refractivity contribution is 0.624. The second-order valence-electron chi connectivity index (χ2n) is 4.59. The smallest absolute Gasteiger partial charge is 0.123 e. The molecule has 0 saturated heterocycles. The van der Waals surface area contributed by atoms with Gasteiger partial charge in [-0.1, -0.05) is 35.9 Å². The Labute approximate surface area is 118 Å². The number of hydrogen-bond donors (Lipinski definition) is 1. The third-order valence-corrected chi connectivity index (χ3v) is 3.52. The first-order valence-electron chi connectivity index (χ1n) is 6.36. The quantitative estimate of drug-likeness (QED) is 0.811. The van der Waals surface area contributed by atoms with Gasteiger partial charge < -0.3 is 5.32 Å². The summed E-state index contributed by atoms with van der Waals surface area (Å²) in [5, 5.41) is 4.14. The van der Waals surface area contributed by atoms with Crippen LogP contribution in [0.4, 0.5) is 4.39 Å². The fourth-order valence-corrected chi connectivity index (χ4v) is 2.23. The van der Waals surface area contributed by atoms with E-state index in [0.717, 1.165) is 35.7 Å². The van der Waals surface area contributed by atoms with Crippen molar-refractivity contribution in [3.63, 3.8) is 0 Å². The molecule has 0 amide bonds. The topological polar surface area (TPSA) is 12.0 Å². The van der Waals surface area contributed by atoms with Crippen molar-refractivity contribution >= 4 is 11.6 Å². The zero-order valence-electron chi connectivity index (χ0n) is 10.9. The van der Waals surface area contributed by atoms with Gasteiger partial charge in [0, 0.05) is 11.6 Å². The average molecular weight is 278 g/mol. The van der Waals surface area contributed by atoms with Crippen molar-refractivity contribution < 1.29 is 4.39 Å². The molecule has 0 aromatic heterocycles. The molecule has 0 atom stereocenters. The second-order valence-corrected chi connectivity index (χ2v) is 5.00. The van der Waals surface area contributed by atoms with Crippen LogP contribution in [-0.4, -0.2) is 6.54 Å². The number of rotatable bonds is 5. The van der Waals surface area contributed by atoms with Gasteiger partial charge in [-0.15, -0.1) is 0 Å². The number of halogens is 2. The molecule has 0 unspecified atom stereocenters. The molecule has 1 nitrogen and oxygen atoms in total. The first-order chi connectivity index (χ1) is 9.16. The van der Waals surface area contributed by atoms with Crippen molar-refractivity contribution in [3.8, 4) is 0 Å². The van der Waals surface area contributed by atoms with Crippen LogP contribution in [-0.2, 0) is 13.0 Å². The monoisotopic (exact) mass is 277 g/mol. The number of aryl methyl sites for hydroxylation is 1. The van der Waals surface area contributed by atoms with E-state index in [0.29, 0.717) is 0 Å². The highest BCUT2D eigenvalue weighted by Gasteiger charge is 2.01. The van der Waals surface area contributed by atoms with E-state index in [1.807, 2.05) is 37.3 Å². The molecule has 2 aromatic carbocycles. The molecule has 0 bridgehead atoms. The third-order valence-electron chi connectivity index (χ3n) is 3.15. The fourth-order valence-electron chi connectivity index (χ4n) is 2.03. The maximum Gasteiger partial charge on any atom is 0.123 e. The molecular formula is C16H17ClFN. The van der Waals surface area contributed by atoms with Crippen molar-refractivity contribution in [3.05, 3.63) is 70.0 Å². The second kappa shape index (κ2) is 6.69. The maximum atomic E-state index is 13.0. The summed E-state index contributed by atoms with van der Waals surface area (Å²) in [4.78, 5) is 0. The molecule has 1 N–H and O–H groups in total. The van der Waals surface area contributed by atoms with Crippen molar-refractivity contribution in [2.75, 3.05) is 6.54 Å². The Kier molecular flexibility index (Phi) is 4.94. The predicted octanol–water partition coefficient (Wildman–Crippen LogP) is 4.12. The molecular weight excluding hydrogens is 261 g/mol. The number of hydrogen-bond acceptors (Lipinski definition) is 1. The molecule has 19 heavy (non-hydrogen) atoms. The number of nitrogens with one attached hydrogen (secondary N) is 1. The maximum absolute atomic E-state index is 13.0. The molecule has 0 fully saturated rings. The van der Waals surface area contributed by atoms with Gasteiger partial charge in [0.15, 0.2) is 0 Å². The molecule has 0 heterocycles. The van der Waals surface area contributed by atoms with Gasteiger partial charge in [-0.25, -0.2) is 4.39 Å². The highest BCUT2D eigenvalue weighted by atomic mass is 35.5. The molecule has 0 radical (unpaired) electrons. The molecule has 0 aliphatic rings. The summed E-state index contributed by atoms with van der Waals surface area (Å²) in [5.41, 5.74) is 3.27. The number of benzene rings is 2. The fraction of sp³-hybridized carbons (Fsp3) is 0.250. The van der Waals surface area contributed by atoms with Crippen LogP contribution in [0, 0.1) is 12.7 Å². The molecule has 2 aromatic rings. The Balaban J connectivity index is 1.83. The Hall–Kier alpha value is -1.38. The summed E-state index contributed by atoms with van der Waals surface area (Å²) in [5.74, 6) is -0.176. The van der Waals surface area contributed by atoms with E-state index in [9.17, 15) is 4.39 Å². The van der Waals surface area contributed by atoms with Crippen LogP contribution in [0.1, 0.15) is 16.7 Å². The summed E-state index contributed by atoms with van der Waals surface area (Å²) < 4.78 is 13.0. The molecule has 0 aliphatic heterocycles. The SMILES string of the molecule is Cc1cc(F)ccc1CCNCc1ccccc1Cl. The minimum Gasteiger partial charge on any atom is -0.312 e. The van der Waals surface area contributed by atoms with Crippen LogP contribution in [0.15, 0.2) is 42.5 Å². The van der Waals surface area contributed by atoms with Crippen LogP contribution in [0.5, 0.6) is 0 Å². The van der Waals surface area contributed by atoms with Gasteiger partial charge in [0.05, 0.1) is 0 Å². The van der Waals surface area contributed by atoms with Gasteiger partial charge in [0.2, 0.25) is 0 Å². The Morgan fingerprint density at radius 1 is 1.11 bits per heavy atom. The van der Waals surface area contributed by atoms with Crippen LogP contribution in [0.25, 0.3) is 0 Å². The average Bonchev–Trinajstić information content (AvgIpc) is 2.38. The minimum absolute atomic E-state index is 0.176. The Morgan fingerprint density at radius 2 is 1.89 bits per heavy atom. The van der Waals surface area contributed by atoms with E-state index < -0.39 is 0 Å². The largest absolute Gasteiger partial charge is 0.312 e. The van der Waals surface area contributed by atoms with Crippen molar-refractivity contribution in [1.29, 1.82) is 0 Å². The molecule has 0 saturated carbocycles. The summed E-state index contributed by atoms with van der Waals surface area (Å²) >= 11 is 6.08. The lowest BCUT2D eigenvalue weighted by Crippen LogP contribution is -2.17. The zero-order chi connectivity index (χ0) is 13.7. The van der Waals surface area contributed by atoms with Gasteiger partial charge in [0.1, 0.15) is 5.82 Å². The first kappa shape index (κ1) is 14.0. The molecule has 3 heteroatoms. The zero-order valence-corrected chi connectivity index (χ0v) is 11.7. The van der Waals surface area contributed by atoms with E-state index in [1.54, 1.807) is 6.07 Å². The van der Waals surface area contributed by atoms with E-state index in [1.165, 1.54) is 11.6 Å². The third kappa shape index (κ3) is 4.05. The highest BCUT2D eigenvalue weighted by molar-refractivity contribution is 6.31. The van der Waals surface area contributed by atoms with E-state index in [2.05, 4.69) is 5.32 Å². The van der Waals surface area contributed by atoms with Gasteiger partial charge in [-0.2, -0.15) is 0 Å². The van der Waals surface area contributed by atoms with Gasteiger partial charge >= 0.3 is 0 Å². The van der Waals surface area contributed by atoms with Gasteiger partial charge in [0.25, 0.3) is 0 Å². The van der Waals surface area contributed by atoms with E-state index >= 15 is 0 Å². The minimum atomic E-state index is -0.176. The van der Waals surface area contributed by atoms with Crippen molar-refractivity contribution in [1.82, 2.24) is 5.32 Å². The van der Waals surface area contributed by atoms with E-state index in [4.69, 9.17) is 11.6 Å². The normalized spacial score (nSPS) is 10.7. The molecule has 0 spiro atoms. The van der Waals surface area contributed by atoms with Gasteiger partial charge in [-0.3, -0.25) is 0 Å². The van der Waals surface area contributed by atoms with Gasteiger partial charge in [-0.05, 0) is 54.8 Å². The van der Waals surface area contributed by atoms with Crippen LogP contribution >= 0.6 is 11.6 Å². The summed E-state index contributed by atoms with van der Waals surface area (Å²) in [6.07, 6.45) is 0.885. The van der Waals surface area contributed by atoms with Crippen LogP contribution in [0.2, 0.25) is 5.02 Å². The van der Waals surface area contributed by atoms with Crippen LogP contribution < -0.4 is 5.32 Å². The lowest BCUT2D eigenvalue weighted by atomic mass is 10.1. The summed E-state index contributed by atoms with van der Waals surface area (Å²) in [6, 6.07) is 12.7. The summed E-state index contributed by atoms with van der Waals surface area (Å²) in [6.45, 7) is 3.53. The highest BCUT2D eigenvalue weighted by Crippen LogP contribution is 2.14. The first-order valence-corrected chi connectivity index (χ1v) is 6.74. The summed E-state index contributed by atoms with van der Waals surface area (Å²) in [7, 11) is 0. The Bertz CT molecular complexity index is 554. The Morgan fingerprint density at radius 3 is 2.63 bits per heavy atom. The van der Waals surface area contributed by atoms with Crippen LogP contribution in [0.3, 0.4) is 0 Å². The predicted molar refractivity (Wildman–Crippen MR) is 78.0 cm³/mol. The molecule has 100 valence electrons.